The minimum absolute atomic E-state index is 0.0189. The van der Waals surface area contributed by atoms with Gasteiger partial charge in [-0.3, -0.25) is 4.98 Å². The molecule has 0 radical (unpaired) electrons. The topological polar surface area (TPSA) is 45.2 Å². The Morgan fingerprint density at radius 3 is 2.17 bits per heavy atom. The van der Waals surface area contributed by atoms with Crippen LogP contribution in [0.2, 0.25) is 5.02 Å². The number of hydrogen-bond acceptors (Lipinski definition) is 3. The Morgan fingerprint density at radius 1 is 1.03 bits per heavy atom. The van der Waals surface area contributed by atoms with Gasteiger partial charge in [-0.1, -0.05) is 37.0 Å². The van der Waals surface area contributed by atoms with E-state index < -0.39 is 34.1 Å². The Labute approximate surface area is 182 Å². The van der Waals surface area contributed by atoms with E-state index in [-0.39, 0.29) is 22.1 Å². The van der Waals surface area contributed by atoms with Crippen molar-refractivity contribution in [2.45, 2.75) is 38.8 Å². The Morgan fingerprint density at radius 2 is 1.63 bits per heavy atom. The monoisotopic (exact) mass is 456 g/mol. The normalized spacial score (nSPS) is 13.2. The van der Waals surface area contributed by atoms with E-state index in [2.05, 4.69) is 10.3 Å². The van der Waals surface area contributed by atoms with E-state index in [0.717, 1.165) is 12.1 Å². The molecule has 0 aliphatic carbocycles. The molecule has 0 spiro atoms. The summed E-state index contributed by atoms with van der Waals surface area (Å²) in [6.45, 7) is 6.38. The fourth-order valence-corrected chi connectivity index (χ4v) is 3.49. The van der Waals surface area contributed by atoms with Crippen LogP contribution in [0.3, 0.4) is 0 Å². The summed E-state index contributed by atoms with van der Waals surface area (Å²) in [6, 6.07) is 4.58. The molecule has 0 amide bonds. The van der Waals surface area contributed by atoms with Crippen molar-refractivity contribution in [3.63, 3.8) is 0 Å². The summed E-state index contributed by atoms with van der Waals surface area (Å²) in [5, 5.41) is 13.8. The molecule has 8 heteroatoms. The van der Waals surface area contributed by atoms with Gasteiger partial charge in [0.2, 0.25) is 0 Å². The molecule has 160 valence electrons. The van der Waals surface area contributed by atoms with Crippen LogP contribution in [0, 0.1) is 23.4 Å². The van der Waals surface area contributed by atoms with E-state index in [1.807, 2.05) is 13.8 Å². The molecule has 0 aliphatic rings. The van der Waals surface area contributed by atoms with Gasteiger partial charge in [0, 0.05) is 23.2 Å². The van der Waals surface area contributed by atoms with E-state index in [1.165, 1.54) is 32.2 Å². The van der Waals surface area contributed by atoms with Gasteiger partial charge in [0.1, 0.15) is 23.0 Å². The van der Waals surface area contributed by atoms with Crippen LogP contribution in [-0.4, -0.2) is 15.6 Å². The maximum Gasteiger partial charge on any atom is 0.133 e. The first-order valence-electron chi connectivity index (χ1n) is 9.30. The number of anilines is 1. The summed E-state index contributed by atoms with van der Waals surface area (Å²) in [5.41, 5.74) is -1.96. The van der Waals surface area contributed by atoms with Crippen molar-refractivity contribution in [1.29, 1.82) is 0 Å². The number of aromatic nitrogens is 1. The highest BCUT2D eigenvalue weighted by Crippen LogP contribution is 2.37. The number of benzene rings is 2. The van der Waals surface area contributed by atoms with Crippen LogP contribution < -0.4 is 5.32 Å². The Balaban J connectivity index is 2.22. The van der Waals surface area contributed by atoms with Gasteiger partial charge in [0.15, 0.2) is 0 Å². The summed E-state index contributed by atoms with van der Waals surface area (Å²) in [6.07, 6.45) is 1.38. The third-order valence-corrected chi connectivity index (χ3v) is 5.64. The standard InChI is InChI=1S/C22H21Cl2F3N2O/c1-10(2)21(24)29-20-13-7-12(15(25)8-18(13)28-9-14(20)23)11-5-16(26)19(17(27)6-11)22(3,4)30/h5-10,21,30H,1-4H3,(H,28,29). The number of alkyl halides is 1. The van der Waals surface area contributed by atoms with Crippen molar-refractivity contribution >= 4 is 39.8 Å². The average Bonchev–Trinajstić information content (AvgIpc) is 2.61. The number of nitrogens with one attached hydrogen (secondary N) is 1. The van der Waals surface area contributed by atoms with Crippen LogP contribution in [0.25, 0.3) is 22.0 Å². The summed E-state index contributed by atoms with van der Waals surface area (Å²) >= 11 is 12.6. The number of aliphatic hydroxyl groups is 1. The first-order chi connectivity index (χ1) is 13.9. The van der Waals surface area contributed by atoms with Crippen LogP contribution >= 0.6 is 23.2 Å². The molecule has 0 fully saturated rings. The predicted molar refractivity (Wildman–Crippen MR) is 115 cm³/mol. The lowest BCUT2D eigenvalue weighted by atomic mass is 9.93. The van der Waals surface area contributed by atoms with Gasteiger partial charge >= 0.3 is 0 Å². The molecule has 3 aromatic rings. The number of halogens is 5. The zero-order chi connectivity index (χ0) is 22.4. The summed E-state index contributed by atoms with van der Waals surface area (Å²) < 4.78 is 43.9. The Hall–Kier alpha value is -2.02. The molecule has 1 unspecified atom stereocenters. The quantitative estimate of drug-likeness (QED) is 0.326. The highest BCUT2D eigenvalue weighted by atomic mass is 35.5. The molecule has 3 nitrogen and oxygen atoms in total. The van der Waals surface area contributed by atoms with Crippen LogP contribution in [0.1, 0.15) is 33.3 Å². The zero-order valence-electron chi connectivity index (χ0n) is 16.8. The van der Waals surface area contributed by atoms with Gasteiger partial charge < -0.3 is 10.4 Å². The maximum atomic E-state index is 14.8. The van der Waals surface area contributed by atoms with Crippen LogP contribution in [-0.2, 0) is 5.60 Å². The van der Waals surface area contributed by atoms with Gasteiger partial charge in [0.25, 0.3) is 0 Å². The summed E-state index contributed by atoms with van der Waals surface area (Å²) in [5.74, 6) is -2.58. The third-order valence-electron chi connectivity index (χ3n) is 4.74. The lowest BCUT2D eigenvalue weighted by Gasteiger charge is -2.21. The number of rotatable bonds is 5. The van der Waals surface area contributed by atoms with Crippen molar-refractivity contribution in [2.75, 3.05) is 5.32 Å². The largest absolute Gasteiger partial charge is 0.386 e. The minimum atomic E-state index is -1.73. The molecular formula is C22H21Cl2F3N2O. The second-order valence-corrected chi connectivity index (χ2v) is 8.87. The van der Waals surface area contributed by atoms with Gasteiger partial charge in [-0.25, -0.2) is 13.2 Å². The second-order valence-electron chi connectivity index (χ2n) is 7.99. The van der Waals surface area contributed by atoms with Gasteiger partial charge in [-0.05, 0) is 43.5 Å². The molecule has 1 heterocycles. The molecule has 1 aromatic heterocycles. The Bertz CT molecular complexity index is 1090. The van der Waals surface area contributed by atoms with Gasteiger partial charge in [-0.15, -0.1) is 0 Å². The zero-order valence-corrected chi connectivity index (χ0v) is 18.3. The fraction of sp³-hybridized carbons (Fsp3) is 0.318. The molecule has 2 aromatic carbocycles. The lowest BCUT2D eigenvalue weighted by Crippen LogP contribution is -2.20. The van der Waals surface area contributed by atoms with Gasteiger partial charge in [0.05, 0.1) is 27.4 Å². The summed E-state index contributed by atoms with van der Waals surface area (Å²) in [4.78, 5) is 4.13. The van der Waals surface area contributed by atoms with E-state index >= 15 is 0 Å². The first-order valence-corrected chi connectivity index (χ1v) is 10.1. The first kappa shape index (κ1) is 22.7. The van der Waals surface area contributed by atoms with E-state index in [1.54, 1.807) is 0 Å². The van der Waals surface area contributed by atoms with Crippen molar-refractivity contribution in [3.8, 4) is 11.1 Å². The third kappa shape index (κ3) is 4.36. The molecule has 1 atom stereocenters. The fourth-order valence-electron chi connectivity index (χ4n) is 3.17. The summed E-state index contributed by atoms with van der Waals surface area (Å²) in [7, 11) is 0. The number of hydrogen-bond donors (Lipinski definition) is 2. The molecular weight excluding hydrogens is 436 g/mol. The molecule has 3 rings (SSSR count). The predicted octanol–water partition coefficient (Wildman–Crippen LogP) is 6.83. The van der Waals surface area contributed by atoms with Crippen LogP contribution in [0.4, 0.5) is 18.9 Å². The van der Waals surface area contributed by atoms with Crippen LogP contribution in [0.5, 0.6) is 0 Å². The number of nitrogens with zero attached hydrogens (tertiary/aromatic N) is 1. The Kier molecular flexibility index (Phi) is 6.23. The number of fused-ring (bicyclic) bond motifs is 1. The molecule has 2 N–H and O–H groups in total. The van der Waals surface area contributed by atoms with E-state index in [0.29, 0.717) is 16.6 Å². The molecule has 0 saturated heterocycles. The molecule has 0 bridgehead atoms. The van der Waals surface area contributed by atoms with Crippen LogP contribution in [0.15, 0.2) is 30.5 Å². The van der Waals surface area contributed by atoms with Crippen molar-refractivity contribution in [1.82, 2.24) is 4.98 Å². The molecule has 0 saturated carbocycles. The lowest BCUT2D eigenvalue weighted by molar-refractivity contribution is 0.0703. The minimum Gasteiger partial charge on any atom is -0.386 e. The average molecular weight is 457 g/mol. The molecule has 0 aliphatic heterocycles. The van der Waals surface area contributed by atoms with Crippen molar-refractivity contribution in [3.05, 3.63) is 58.5 Å². The maximum absolute atomic E-state index is 14.8. The smallest absolute Gasteiger partial charge is 0.133 e. The highest BCUT2D eigenvalue weighted by molar-refractivity contribution is 6.35. The highest BCUT2D eigenvalue weighted by Gasteiger charge is 2.26. The van der Waals surface area contributed by atoms with Crippen molar-refractivity contribution < 1.29 is 18.3 Å². The van der Waals surface area contributed by atoms with E-state index in [4.69, 9.17) is 23.2 Å². The SMILES string of the molecule is CC(C)C(Cl)Nc1c(Cl)cnc2cc(F)c(-c3cc(F)c(C(C)(C)O)c(F)c3)cc12. The number of pyridine rings is 1. The second kappa shape index (κ2) is 8.25. The molecule has 30 heavy (non-hydrogen) atoms. The van der Waals surface area contributed by atoms with E-state index in [9.17, 15) is 18.3 Å². The van der Waals surface area contributed by atoms with Gasteiger partial charge in [-0.2, -0.15) is 0 Å². The van der Waals surface area contributed by atoms with Crippen molar-refractivity contribution in [2.24, 2.45) is 5.92 Å².